The number of anilines is 1. The Morgan fingerprint density at radius 1 is 1.45 bits per heavy atom. The third kappa shape index (κ3) is 3.73. The molecule has 2 N–H and O–H groups in total. The summed E-state index contributed by atoms with van der Waals surface area (Å²) in [4.78, 5) is 25.4. The Morgan fingerprint density at radius 3 is 2.91 bits per heavy atom. The van der Waals surface area contributed by atoms with Gasteiger partial charge in [0, 0.05) is 38.9 Å². The molecule has 6 nitrogen and oxygen atoms in total. The van der Waals surface area contributed by atoms with Gasteiger partial charge in [0.1, 0.15) is 5.82 Å². The number of carbonyl (C=O) groups is 2. The summed E-state index contributed by atoms with van der Waals surface area (Å²) in [6.45, 7) is 1.91. The van der Waals surface area contributed by atoms with Crippen LogP contribution in [0.15, 0.2) is 18.2 Å². The molecule has 0 spiro atoms. The first kappa shape index (κ1) is 16.2. The van der Waals surface area contributed by atoms with E-state index in [-0.39, 0.29) is 11.6 Å². The molecule has 1 saturated heterocycles. The molecular formula is C15H20FN3O3. The van der Waals surface area contributed by atoms with Crippen LogP contribution in [0.1, 0.15) is 16.8 Å². The fraction of sp³-hybridized carbons (Fsp3) is 0.467. The van der Waals surface area contributed by atoms with Crippen molar-refractivity contribution in [3.05, 3.63) is 29.6 Å². The van der Waals surface area contributed by atoms with Crippen LogP contribution in [0.4, 0.5) is 14.9 Å². The van der Waals surface area contributed by atoms with Gasteiger partial charge in [-0.3, -0.25) is 4.79 Å². The third-order valence-electron chi connectivity index (χ3n) is 3.66. The lowest BCUT2D eigenvalue weighted by molar-refractivity contribution is 0.0959. The lowest BCUT2D eigenvalue weighted by Gasteiger charge is -2.17. The number of nitrogens with one attached hydrogen (secondary N) is 2. The van der Waals surface area contributed by atoms with Crippen molar-refractivity contribution >= 4 is 17.6 Å². The number of hydrogen-bond acceptors (Lipinski definition) is 3. The third-order valence-corrected chi connectivity index (χ3v) is 3.66. The zero-order valence-electron chi connectivity index (χ0n) is 12.7. The minimum Gasteiger partial charge on any atom is -0.384 e. The molecule has 1 heterocycles. The van der Waals surface area contributed by atoms with Crippen LogP contribution < -0.4 is 10.6 Å². The SMILES string of the molecule is CNC(=O)c1cc(NC(=O)N2CCC(COC)C2)ccc1F. The Labute approximate surface area is 128 Å². The highest BCUT2D eigenvalue weighted by Crippen LogP contribution is 2.19. The van der Waals surface area contributed by atoms with Gasteiger partial charge in [0.05, 0.1) is 12.2 Å². The number of likely N-dealkylation sites (tertiary alicyclic amines) is 1. The maximum atomic E-state index is 13.6. The molecule has 0 aliphatic carbocycles. The average Bonchev–Trinajstić information content (AvgIpc) is 2.97. The number of hydrogen-bond donors (Lipinski definition) is 2. The maximum absolute atomic E-state index is 13.6. The van der Waals surface area contributed by atoms with E-state index in [2.05, 4.69) is 10.6 Å². The molecule has 7 heteroatoms. The molecule has 1 aliphatic heterocycles. The highest BCUT2D eigenvalue weighted by Gasteiger charge is 2.26. The molecule has 1 aliphatic rings. The molecule has 0 saturated carbocycles. The topological polar surface area (TPSA) is 70.7 Å². The fourth-order valence-electron chi connectivity index (χ4n) is 2.50. The second-order valence-corrected chi connectivity index (χ2v) is 5.26. The van der Waals surface area contributed by atoms with Gasteiger partial charge < -0.3 is 20.3 Å². The zero-order chi connectivity index (χ0) is 16.1. The number of benzene rings is 1. The summed E-state index contributed by atoms with van der Waals surface area (Å²) in [5.74, 6) is -0.820. The smallest absolute Gasteiger partial charge is 0.321 e. The fourth-order valence-corrected chi connectivity index (χ4v) is 2.50. The minimum atomic E-state index is -0.626. The van der Waals surface area contributed by atoms with Gasteiger partial charge in [-0.1, -0.05) is 0 Å². The van der Waals surface area contributed by atoms with Gasteiger partial charge in [-0.2, -0.15) is 0 Å². The van der Waals surface area contributed by atoms with Crippen molar-refractivity contribution in [1.29, 1.82) is 0 Å². The van der Waals surface area contributed by atoms with E-state index >= 15 is 0 Å². The molecule has 3 amide bonds. The number of urea groups is 1. The van der Waals surface area contributed by atoms with Gasteiger partial charge in [-0.25, -0.2) is 9.18 Å². The van der Waals surface area contributed by atoms with E-state index in [1.807, 2.05) is 0 Å². The summed E-state index contributed by atoms with van der Waals surface area (Å²) in [5.41, 5.74) is 0.291. The normalized spacial score (nSPS) is 17.4. The standard InChI is InChI=1S/C15H20FN3O3/c1-17-14(20)12-7-11(3-4-13(12)16)18-15(21)19-6-5-10(8-19)9-22-2/h3-4,7,10H,5-6,8-9H2,1-2H3,(H,17,20)(H,18,21). The van der Waals surface area contributed by atoms with Crippen LogP contribution in [0.2, 0.25) is 0 Å². The Bertz CT molecular complexity index is 565. The number of halogens is 1. The first-order valence-corrected chi connectivity index (χ1v) is 7.11. The van der Waals surface area contributed by atoms with Crippen LogP contribution in [-0.2, 0) is 4.74 Å². The van der Waals surface area contributed by atoms with Crippen molar-refractivity contribution in [2.45, 2.75) is 6.42 Å². The summed E-state index contributed by atoms with van der Waals surface area (Å²) in [5, 5.41) is 5.05. The Hall–Kier alpha value is -2.15. The largest absolute Gasteiger partial charge is 0.384 e. The zero-order valence-corrected chi connectivity index (χ0v) is 12.7. The van der Waals surface area contributed by atoms with Crippen molar-refractivity contribution in [2.75, 3.05) is 39.2 Å². The molecule has 1 atom stereocenters. The predicted octanol–water partition coefficient (Wildman–Crippen LogP) is 1.69. The van der Waals surface area contributed by atoms with Gasteiger partial charge in [-0.05, 0) is 24.6 Å². The van der Waals surface area contributed by atoms with Crippen molar-refractivity contribution in [2.24, 2.45) is 5.92 Å². The highest BCUT2D eigenvalue weighted by molar-refractivity contribution is 5.97. The highest BCUT2D eigenvalue weighted by atomic mass is 19.1. The van der Waals surface area contributed by atoms with Crippen molar-refractivity contribution in [3.63, 3.8) is 0 Å². The van der Waals surface area contributed by atoms with Crippen LogP contribution in [0.5, 0.6) is 0 Å². The van der Waals surface area contributed by atoms with Crippen LogP contribution in [-0.4, -0.2) is 50.7 Å². The molecule has 1 aromatic carbocycles. The van der Waals surface area contributed by atoms with Crippen molar-refractivity contribution in [3.8, 4) is 0 Å². The molecule has 1 aromatic rings. The monoisotopic (exact) mass is 309 g/mol. The molecule has 1 fully saturated rings. The number of methoxy groups -OCH3 is 1. The first-order chi connectivity index (χ1) is 10.5. The molecule has 0 bridgehead atoms. The van der Waals surface area contributed by atoms with E-state index in [1.165, 1.54) is 19.2 Å². The number of rotatable bonds is 4. The van der Waals surface area contributed by atoms with Gasteiger partial charge in [-0.15, -0.1) is 0 Å². The number of carbonyl (C=O) groups excluding carboxylic acids is 2. The first-order valence-electron chi connectivity index (χ1n) is 7.11. The van der Waals surface area contributed by atoms with E-state index in [0.29, 0.717) is 31.3 Å². The van der Waals surface area contributed by atoms with Crippen LogP contribution in [0, 0.1) is 11.7 Å². The van der Waals surface area contributed by atoms with Gasteiger partial charge in [0.2, 0.25) is 0 Å². The van der Waals surface area contributed by atoms with Crippen molar-refractivity contribution in [1.82, 2.24) is 10.2 Å². The lowest BCUT2D eigenvalue weighted by atomic mass is 10.1. The number of ether oxygens (including phenoxy) is 1. The Kier molecular flexibility index (Phi) is 5.32. The van der Waals surface area contributed by atoms with E-state index in [9.17, 15) is 14.0 Å². The number of nitrogens with zero attached hydrogens (tertiary/aromatic N) is 1. The summed E-state index contributed by atoms with van der Waals surface area (Å²) in [6.07, 6.45) is 0.897. The van der Waals surface area contributed by atoms with Crippen LogP contribution in [0.25, 0.3) is 0 Å². The average molecular weight is 309 g/mol. The molecule has 1 unspecified atom stereocenters. The second kappa shape index (κ2) is 7.22. The second-order valence-electron chi connectivity index (χ2n) is 5.26. The molecule has 0 radical (unpaired) electrons. The predicted molar refractivity (Wildman–Crippen MR) is 80.4 cm³/mol. The quantitative estimate of drug-likeness (QED) is 0.889. The lowest BCUT2D eigenvalue weighted by Crippen LogP contribution is -2.33. The molecule has 0 aromatic heterocycles. The van der Waals surface area contributed by atoms with Crippen molar-refractivity contribution < 1.29 is 18.7 Å². The molecular weight excluding hydrogens is 289 g/mol. The van der Waals surface area contributed by atoms with Crippen LogP contribution >= 0.6 is 0 Å². The van der Waals surface area contributed by atoms with Gasteiger partial charge >= 0.3 is 6.03 Å². The van der Waals surface area contributed by atoms with E-state index < -0.39 is 11.7 Å². The molecule has 22 heavy (non-hydrogen) atoms. The summed E-state index contributed by atoms with van der Waals surface area (Å²) < 4.78 is 18.7. The number of amides is 3. The summed E-state index contributed by atoms with van der Waals surface area (Å²) >= 11 is 0. The van der Waals surface area contributed by atoms with Gasteiger partial charge in [0.25, 0.3) is 5.91 Å². The summed E-state index contributed by atoms with van der Waals surface area (Å²) in [7, 11) is 3.06. The Balaban J connectivity index is 2.02. The van der Waals surface area contributed by atoms with E-state index in [0.717, 1.165) is 12.5 Å². The van der Waals surface area contributed by atoms with Crippen LogP contribution in [0.3, 0.4) is 0 Å². The Morgan fingerprint density at radius 2 is 2.23 bits per heavy atom. The van der Waals surface area contributed by atoms with E-state index in [4.69, 9.17) is 4.74 Å². The minimum absolute atomic E-state index is 0.0982. The maximum Gasteiger partial charge on any atom is 0.321 e. The molecule has 2 rings (SSSR count). The molecule has 120 valence electrons. The van der Waals surface area contributed by atoms with E-state index in [1.54, 1.807) is 12.0 Å². The summed E-state index contributed by atoms with van der Waals surface area (Å²) in [6, 6.07) is 3.67. The van der Waals surface area contributed by atoms with Gasteiger partial charge in [0.15, 0.2) is 0 Å².